The monoisotopic (exact) mass is 227 g/mol. The van der Waals surface area contributed by atoms with Crippen LogP contribution in [0.2, 0.25) is 0 Å². The van der Waals surface area contributed by atoms with Gasteiger partial charge in [-0.3, -0.25) is 0 Å². The van der Waals surface area contributed by atoms with Gasteiger partial charge in [0.1, 0.15) is 0 Å². The fraction of sp³-hybridized carbons (Fsp3) is 0.600. The van der Waals surface area contributed by atoms with Crippen LogP contribution in [0.1, 0.15) is 18.9 Å². The van der Waals surface area contributed by atoms with E-state index < -0.39 is 0 Å². The number of carbonyl (C=O) groups is 1. The molecular weight excluding hydrogens is 210 g/mol. The SMILES string of the molecule is CC(C)NC(=O)N(C)CCc1nccs1. The lowest BCUT2D eigenvalue weighted by molar-refractivity contribution is 0.207. The molecule has 0 saturated heterocycles. The normalized spacial score (nSPS) is 10.4. The summed E-state index contributed by atoms with van der Waals surface area (Å²) in [4.78, 5) is 17.4. The van der Waals surface area contributed by atoms with Gasteiger partial charge in [-0.05, 0) is 13.8 Å². The number of thiazole rings is 1. The molecule has 84 valence electrons. The molecule has 0 unspecified atom stereocenters. The van der Waals surface area contributed by atoms with Crippen molar-refractivity contribution in [1.29, 1.82) is 0 Å². The van der Waals surface area contributed by atoms with E-state index in [1.807, 2.05) is 19.2 Å². The van der Waals surface area contributed by atoms with E-state index in [-0.39, 0.29) is 12.1 Å². The van der Waals surface area contributed by atoms with Crippen molar-refractivity contribution in [2.75, 3.05) is 13.6 Å². The van der Waals surface area contributed by atoms with E-state index in [0.717, 1.165) is 11.4 Å². The van der Waals surface area contributed by atoms with E-state index in [1.54, 1.807) is 29.5 Å². The molecule has 1 aromatic rings. The average molecular weight is 227 g/mol. The third-order valence-corrected chi connectivity index (χ3v) is 2.74. The van der Waals surface area contributed by atoms with E-state index in [2.05, 4.69) is 10.3 Å². The molecule has 15 heavy (non-hydrogen) atoms. The van der Waals surface area contributed by atoms with E-state index in [4.69, 9.17) is 0 Å². The van der Waals surface area contributed by atoms with Crippen molar-refractivity contribution in [2.24, 2.45) is 0 Å². The summed E-state index contributed by atoms with van der Waals surface area (Å²) in [5.41, 5.74) is 0. The lowest BCUT2D eigenvalue weighted by Gasteiger charge is -2.18. The predicted octanol–water partition coefficient (Wildman–Crippen LogP) is 1.74. The van der Waals surface area contributed by atoms with Crippen LogP contribution in [-0.2, 0) is 6.42 Å². The highest BCUT2D eigenvalue weighted by Crippen LogP contribution is 2.05. The Morgan fingerprint density at radius 1 is 1.67 bits per heavy atom. The summed E-state index contributed by atoms with van der Waals surface area (Å²) in [6.07, 6.45) is 2.61. The van der Waals surface area contributed by atoms with Crippen LogP contribution in [0, 0.1) is 0 Å². The number of amides is 2. The van der Waals surface area contributed by atoms with Crippen LogP contribution in [0.15, 0.2) is 11.6 Å². The summed E-state index contributed by atoms with van der Waals surface area (Å²) < 4.78 is 0. The van der Waals surface area contributed by atoms with Crippen LogP contribution in [0.25, 0.3) is 0 Å². The molecule has 0 aromatic carbocycles. The highest BCUT2D eigenvalue weighted by atomic mass is 32.1. The van der Waals surface area contributed by atoms with Gasteiger partial charge in [0.2, 0.25) is 0 Å². The van der Waals surface area contributed by atoms with Gasteiger partial charge in [0.15, 0.2) is 0 Å². The second-order valence-corrected chi connectivity index (χ2v) is 4.68. The first-order valence-electron chi connectivity index (χ1n) is 4.99. The Morgan fingerprint density at radius 3 is 2.93 bits per heavy atom. The Bertz CT molecular complexity index is 298. The Morgan fingerprint density at radius 2 is 2.40 bits per heavy atom. The molecule has 5 heteroatoms. The summed E-state index contributed by atoms with van der Waals surface area (Å²) in [5, 5.41) is 5.86. The quantitative estimate of drug-likeness (QED) is 0.851. The lowest BCUT2D eigenvalue weighted by Crippen LogP contribution is -2.41. The maximum atomic E-state index is 11.5. The van der Waals surface area contributed by atoms with Crippen molar-refractivity contribution in [1.82, 2.24) is 15.2 Å². The van der Waals surface area contributed by atoms with Crippen LogP contribution in [0.3, 0.4) is 0 Å². The Balaban J connectivity index is 2.29. The Kier molecular flexibility index (Phi) is 4.55. The first-order chi connectivity index (χ1) is 7.09. The molecule has 0 saturated carbocycles. The van der Waals surface area contributed by atoms with Crippen LogP contribution in [0.4, 0.5) is 4.79 Å². The standard InChI is InChI=1S/C10H17N3OS/c1-8(2)12-10(14)13(3)6-4-9-11-5-7-15-9/h5,7-8H,4,6H2,1-3H3,(H,12,14). The summed E-state index contributed by atoms with van der Waals surface area (Å²) in [6.45, 7) is 4.60. The van der Waals surface area contributed by atoms with Gasteiger partial charge in [0, 0.05) is 37.6 Å². The minimum Gasteiger partial charge on any atom is -0.336 e. The molecule has 0 aliphatic heterocycles. The zero-order valence-electron chi connectivity index (χ0n) is 9.36. The highest BCUT2D eigenvalue weighted by Gasteiger charge is 2.09. The molecule has 1 heterocycles. The molecule has 1 N–H and O–H groups in total. The molecule has 0 bridgehead atoms. The van der Waals surface area contributed by atoms with Gasteiger partial charge in [-0.25, -0.2) is 9.78 Å². The van der Waals surface area contributed by atoms with Crippen LogP contribution >= 0.6 is 11.3 Å². The number of likely N-dealkylation sites (N-methyl/N-ethyl adjacent to an activating group) is 1. The van der Waals surface area contributed by atoms with Crippen LogP contribution in [-0.4, -0.2) is 35.5 Å². The average Bonchev–Trinajstić information content (AvgIpc) is 2.65. The van der Waals surface area contributed by atoms with Crippen LogP contribution in [0.5, 0.6) is 0 Å². The van der Waals surface area contributed by atoms with Crippen molar-refractivity contribution in [3.8, 4) is 0 Å². The molecule has 1 aromatic heterocycles. The molecule has 0 aliphatic carbocycles. The van der Waals surface area contributed by atoms with Crippen LogP contribution < -0.4 is 5.32 Å². The molecule has 2 amide bonds. The molecule has 0 radical (unpaired) electrons. The summed E-state index contributed by atoms with van der Waals surface area (Å²) >= 11 is 1.62. The maximum absolute atomic E-state index is 11.5. The van der Waals surface area contributed by atoms with Gasteiger partial charge >= 0.3 is 6.03 Å². The number of carbonyl (C=O) groups excluding carboxylic acids is 1. The van der Waals surface area contributed by atoms with Gasteiger partial charge in [-0.15, -0.1) is 11.3 Å². The zero-order valence-corrected chi connectivity index (χ0v) is 10.2. The number of nitrogens with zero attached hydrogens (tertiary/aromatic N) is 2. The minimum atomic E-state index is -0.0263. The van der Waals surface area contributed by atoms with Gasteiger partial charge < -0.3 is 10.2 Å². The number of nitrogens with one attached hydrogen (secondary N) is 1. The number of urea groups is 1. The van der Waals surface area contributed by atoms with Crippen molar-refractivity contribution in [2.45, 2.75) is 26.3 Å². The first kappa shape index (κ1) is 12.0. The van der Waals surface area contributed by atoms with Gasteiger partial charge in [-0.1, -0.05) is 0 Å². The molecule has 1 rings (SSSR count). The van der Waals surface area contributed by atoms with Crippen molar-refractivity contribution >= 4 is 17.4 Å². The number of hydrogen-bond acceptors (Lipinski definition) is 3. The van der Waals surface area contributed by atoms with Crippen molar-refractivity contribution in [3.05, 3.63) is 16.6 Å². The Labute approximate surface area is 94.3 Å². The second-order valence-electron chi connectivity index (χ2n) is 3.70. The molecule has 0 fully saturated rings. The molecule has 0 atom stereocenters. The smallest absolute Gasteiger partial charge is 0.317 e. The van der Waals surface area contributed by atoms with E-state index in [1.165, 1.54) is 0 Å². The molecule has 4 nitrogen and oxygen atoms in total. The fourth-order valence-electron chi connectivity index (χ4n) is 1.10. The predicted molar refractivity (Wildman–Crippen MR) is 62.1 cm³/mol. The largest absolute Gasteiger partial charge is 0.336 e. The third-order valence-electron chi connectivity index (χ3n) is 1.90. The van der Waals surface area contributed by atoms with E-state index >= 15 is 0 Å². The summed E-state index contributed by atoms with van der Waals surface area (Å²) in [6, 6.07) is 0.154. The number of aromatic nitrogens is 1. The van der Waals surface area contributed by atoms with E-state index in [0.29, 0.717) is 6.54 Å². The zero-order chi connectivity index (χ0) is 11.3. The molecule has 0 spiro atoms. The molecule has 0 aliphatic rings. The minimum absolute atomic E-state index is 0.0263. The summed E-state index contributed by atoms with van der Waals surface area (Å²) in [7, 11) is 1.80. The number of hydrogen-bond donors (Lipinski definition) is 1. The topological polar surface area (TPSA) is 45.2 Å². The summed E-state index contributed by atoms with van der Waals surface area (Å²) in [5.74, 6) is 0. The fourth-order valence-corrected chi connectivity index (χ4v) is 1.71. The van der Waals surface area contributed by atoms with Gasteiger partial charge in [0.05, 0.1) is 5.01 Å². The maximum Gasteiger partial charge on any atom is 0.317 e. The van der Waals surface area contributed by atoms with Gasteiger partial charge in [0.25, 0.3) is 0 Å². The number of rotatable bonds is 4. The van der Waals surface area contributed by atoms with E-state index in [9.17, 15) is 4.79 Å². The third kappa shape index (κ3) is 4.29. The highest BCUT2D eigenvalue weighted by molar-refractivity contribution is 7.09. The lowest BCUT2D eigenvalue weighted by atomic mass is 10.4. The second kappa shape index (κ2) is 5.70. The van der Waals surface area contributed by atoms with Gasteiger partial charge in [-0.2, -0.15) is 0 Å². The first-order valence-corrected chi connectivity index (χ1v) is 5.87. The van der Waals surface area contributed by atoms with Crippen molar-refractivity contribution < 1.29 is 4.79 Å². The van der Waals surface area contributed by atoms with Crippen molar-refractivity contribution in [3.63, 3.8) is 0 Å². The Hall–Kier alpha value is -1.10. The molecular formula is C10H17N3OS.